The quantitative estimate of drug-likeness (QED) is 0.182. The summed E-state index contributed by atoms with van der Waals surface area (Å²) in [5.74, 6) is -0.688. The normalized spacial score (nSPS) is 18.8. The highest BCUT2D eigenvalue weighted by Crippen LogP contribution is 2.29. The minimum atomic E-state index is -0.843. The molecule has 0 aliphatic heterocycles. The van der Waals surface area contributed by atoms with E-state index in [1.165, 1.54) is 6.07 Å². The zero-order valence-corrected chi connectivity index (χ0v) is 24.9. The van der Waals surface area contributed by atoms with Crippen LogP contribution >= 0.6 is 0 Å². The first-order valence-electron chi connectivity index (χ1n) is 14.2. The number of hydrogen-bond donors (Lipinski definition) is 3. The maximum Gasteiger partial charge on any atom is 0.404 e. The molecule has 7 nitrogen and oxygen atoms in total. The first-order chi connectivity index (χ1) is 18.8. The number of ether oxygens (including phenoxy) is 1. The monoisotopic (exact) mass is 553 g/mol. The topological polar surface area (TPSA) is 123 Å². The van der Waals surface area contributed by atoms with Crippen molar-refractivity contribution in [1.29, 1.82) is 0 Å². The molecular formula is C33H47NO6. The third kappa shape index (κ3) is 9.79. The summed E-state index contributed by atoms with van der Waals surface area (Å²) < 4.78 is 10.6. The Bertz CT molecular complexity index is 1240. The first kappa shape index (κ1) is 33.0. The molecule has 0 bridgehead atoms. The van der Waals surface area contributed by atoms with E-state index in [4.69, 9.17) is 14.9 Å². The maximum absolute atomic E-state index is 11.5. The molecule has 1 aromatic carbocycles. The van der Waals surface area contributed by atoms with Crippen LogP contribution in [0, 0.1) is 29.6 Å². The van der Waals surface area contributed by atoms with Crippen LogP contribution in [0.3, 0.4) is 0 Å². The molecule has 0 radical (unpaired) electrons. The smallest absolute Gasteiger partial charge is 0.404 e. The van der Waals surface area contributed by atoms with Crippen molar-refractivity contribution in [1.82, 2.24) is 0 Å². The number of nitrogens with two attached hydrogens (primary N) is 1. The van der Waals surface area contributed by atoms with Gasteiger partial charge >= 0.3 is 11.7 Å². The van der Waals surface area contributed by atoms with Crippen molar-refractivity contribution in [3.05, 3.63) is 76.2 Å². The fourth-order valence-corrected chi connectivity index (χ4v) is 5.29. The van der Waals surface area contributed by atoms with Crippen molar-refractivity contribution < 1.29 is 24.2 Å². The highest BCUT2D eigenvalue weighted by atomic mass is 16.6. The third-order valence-corrected chi connectivity index (χ3v) is 7.59. The van der Waals surface area contributed by atoms with Gasteiger partial charge in [-0.1, -0.05) is 83.6 Å². The Morgan fingerprint density at radius 3 is 2.35 bits per heavy atom. The van der Waals surface area contributed by atoms with Crippen LogP contribution in [0.25, 0.3) is 17.0 Å². The molecule has 2 aromatic rings. The number of carbonyl (C=O) groups is 1. The Balaban J connectivity index is 2.02. The minimum absolute atomic E-state index is 0.0824. The molecule has 0 saturated heterocycles. The number of hydrogen-bond acceptors (Lipinski definition) is 6. The summed E-state index contributed by atoms with van der Waals surface area (Å²) in [6.45, 7) is 13.8. The predicted molar refractivity (Wildman–Crippen MR) is 162 cm³/mol. The highest BCUT2D eigenvalue weighted by Gasteiger charge is 2.33. The lowest BCUT2D eigenvalue weighted by Crippen LogP contribution is -2.41. The van der Waals surface area contributed by atoms with Gasteiger partial charge in [0.2, 0.25) is 0 Å². The average Bonchev–Trinajstić information content (AvgIpc) is 2.91. The van der Waals surface area contributed by atoms with Crippen molar-refractivity contribution in [2.45, 2.75) is 79.6 Å². The molecule has 0 fully saturated rings. The summed E-state index contributed by atoms with van der Waals surface area (Å²) in [6.07, 6.45) is 8.84. The summed E-state index contributed by atoms with van der Waals surface area (Å²) >= 11 is 0. The van der Waals surface area contributed by atoms with Crippen molar-refractivity contribution in [2.24, 2.45) is 35.3 Å². The number of amides is 1. The fourth-order valence-electron chi connectivity index (χ4n) is 5.29. The largest absolute Gasteiger partial charge is 0.445 e. The second kappa shape index (κ2) is 15.6. The molecule has 7 heteroatoms. The van der Waals surface area contributed by atoms with Gasteiger partial charge in [0.25, 0.3) is 0 Å². The molecule has 0 aliphatic carbocycles. The SMILES string of the molecule is CC/C=C\C(C)[C@H](OC(N)=O)[C@@H](C)[C@H](O)[C@@H](C)C/C(C)=C\[C@H](C)[C@@H](O)C(C)/C=C\c1ccc2oc(=O)ccc2c1. The molecule has 1 amide bonds. The fraction of sp³-hybridized carbons (Fsp3) is 0.515. The number of fused-ring (bicyclic) bond motifs is 1. The number of aliphatic hydroxyl groups excluding tert-OH is 2. The average molecular weight is 554 g/mol. The standard InChI is InChI=1S/C33H47NO6/c1-8-9-10-22(4)32(40-33(34)38)25(7)31(37)24(6)18-20(2)17-23(5)30(36)21(3)11-12-26-13-15-28-27(19-26)14-16-29(35)39-28/h9-17,19,21-25,30-32,36-37H,8,18H2,1-7H3,(H2,34,38)/b10-9-,12-11-,20-17-/t21?,22?,23-,24-,25-,30-,31+,32-/m0/s1. The van der Waals surface area contributed by atoms with Gasteiger partial charge in [0.05, 0.1) is 12.2 Å². The number of benzene rings is 1. The van der Waals surface area contributed by atoms with E-state index >= 15 is 0 Å². The van der Waals surface area contributed by atoms with E-state index in [2.05, 4.69) is 6.08 Å². The first-order valence-corrected chi connectivity index (χ1v) is 14.2. The zero-order valence-electron chi connectivity index (χ0n) is 24.9. The number of rotatable bonds is 14. The molecule has 4 N–H and O–H groups in total. The number of aliphatic hydroxyl groups is 2. The summed E-state index contributed by atoms with van der Waals surface area (Å²) in [5, 5.41) is 22.9. The van der Waals surface area contributed by atoms with Gasteiger partial charge in [0.1, 0.15) is 11.7 Å². The van der Waals surface area contributed by atoms with Crippen LogP contribution in [0.2, 0.25) is 0 Å². The van der Waals surface area contributed by atoms with E-state index in [-0.39, 0.29) is 35.2 Å². The Morgan fingerprint density at radius 2 is 1.70 bits per heavy atom. The molecule has 220 valence electrons. The molecule has 2 rings (SSSR count). The lowest BCUT2D eigenvalue weighted by Gasteiger charge is -2.33. The molecule has 1 aromatic heterocycles. The molecule has 1 heterocycles. The van der Waals surface area contributed by atoms with E-state index in [9.17, 15) is 19.8 Å². The van der Waals surface area contributed by atoms with Crippen LogP contribution in [0.5, 0.6) is 0 Å². The summed E-state index contributed by atoms with van der Waals surface area (Å²) in [7, 11) is 0. The van der Waals surface area contributed by atoms with Gasteiger partial charge in [-0.3, -0.25) is 0 Å². The molecule has 0 saturated carbocycles. The van der Waals surface area contributed by atoms with Crippen molar-refractivity contribution in [3.8, 4) is 0 Å². The van der Waals surface area contributed by atoms with E-state index < -0.39 is 24.4 Å². The molecule has 8 atom stereocenters. The van der Waals surface area contributed by atoms with Gasteiger partial charge in [-0.15, -0.1) is 0 Å². The summed E-state index contributed by atoms with van der Waals surface area (Å²) in [4.78, 5) is 22.9. The Labute approximate surface area is 238 Å². The van der Waals surface area contributed by atoms with Gasteiger partial charge in [-0.2, -0.15) is 0 Å². The number of carbonyl (C=O) groups excluding carboxylic acids is 1. The van der Waals surface area contributed by atoms with Crippen LogP contribution in [0.1, 0.15) is 66.9 Å². The molecule has 0 spiro atoms. The second-order valence-corrected chi connectivity index (χ2v) is 11.3. The maximum atomic E-state index is 11.5. The lowest BCUT2D eigenvalue weighted by atomic mass is 9.81. The van der Waals surface area contributed by atoms with Crippen LogP contribution in [0.4, 0.5) is 4.79 Å². The zero-order chi connectivity index (χ0) is 30.0. The third-order valence-electron chi connectivity index (χ3n) is 7.59. The van der Waals surface area contributed by atoms with Gasteiger partial charge in [0.15, 0.2) is 0 Å². The molecule has 40 heavy (non-hydrogen) atoms. The molecular weight excluding hydrogens is 506 g/mol. The van der Waals surface area contributed by atoms with E-state index in [1.54, 1.807) is 12.1 Å². The summed E-state index contributed by atoms with van der Waals surface area (Å²) in [6, 6.07) is 8.72. The lowest BCUT2D eigenvalue weighted by molar-refractivity contribution is -0.0266. The number of allylic oxidation sites excluding steroid dienone is 2. The van der Waals surface area contributed by atoms with Crippen molar-refractivity contribution in [2.75, 3.05) is 0 Å². The Kier molecular flexibility index (Phi) is 12.9. The number of primary amides is 1. The van der Waals surface area contributed by atoms with Crippen molar-refractivity contribution >= 4 is 23.1 Å². The predicted octanol–water partition coefficient (Wildman–Crippen LogP) is 6.48. The molecule has 0 aliphatic rings. The minimum Gasteiger partial charge on any atom is -0.445 e. The highest BCUT2D eigenvalue weighted by molar-refractivity contribution is 5.79. The van der Waals surface area contributed by atoms with E-state index in [0.29, 0.717) is 12.0 Å². The Morgan fingerprint density at radius 1 is 1.00 bits per heavy atom. The second-order valence-electron chi connectivity index (χ2n) is 11.3. The van der Waals surface area contributed by atoms with Crippen LogP contribution in [-0.2, 0) is 4.74 Å². The Hall–Kier alpha value is -3.16. The van der Waals surface area contributed by atoms with Gasteiger partial charge < -0.3 is 25.1 Å². The van der Waals surface area contributed by atoms with Crippen LogP contribution in [-0.4, -0.2) is 34.6 Å². The summed E-state index contributed by atoms with van der Waals surface area (Å²) in [5.41, 5.74) is 7.52. The van der Waals surface area contributed by atoms with Gasteiger partial charge in [-0.05, 0) is 49.4 Å². The van der Waals surface area contributed by atoms with Crippen LogP contribution < -0.4 is 11.4 Å². The van der Waals surface area contributed by atoms with Gasteiger partial charge in [-0.25, -0.2) is 9.59 Å². The van der Waals surface area contributed by atoms with E-state index in [0.717, 1.165) is 22.9 Å². The van der Waals surface area contributed by atoms with Crippen LogP contribution in [0.15, 0.2) is 69.4 Å². The van der Waals surface area contributed by atoms with Crippen molar-refractivity contribution in [3.63, 3.8) is 0 Å². The van der Waals surface area contributed by atoms with Gasteiger partial charge in [0, 0.05) is 35.1 Å². The molecule has 2 unspecified atom stereocenters. The van der Waals surface area contributed by atoms with E-state index in [1.807, 2.05) is 84.9 Å².